The lowest BCUT2D eigenvalue weighted by atomic mass is 10.1. The topological polar surface area (TPSA) is 86.5 Å². The number of carbonyl (C=O) groups is 1. The molecule has 0 aliphatic carbocycles. The molecule has 0 aromatic heterocycles. The first-order valence-electron chi connectivity index (χ1n) is 5.73. The lowest BCUT2D eigenvalue weighted by Crippen LogP contribution is -2.64. The highest BCUT2D eigenvalue weighted by Crippen LogP contribution is 2.54. The predicted molar refractivity (Wildman–Crippen MR) is 65.5 cm³/mol. The summed E-state index contributed by atoms with van der Waals surface area (Å²) in [6.45, 7) is 7.21. The van der Waals surface area contributed by atoms with E-state index in [0.29, 0.717) is 12.2 Å². The van der Waals surface area contributed by atoms with E-state index >= 15 is 0 Å². The Hall–Kier alpha value is -1.51. The molecule has 0 aliphatic rings. The minimum Gasteiger partial charge on any atom is -0.463 e. The summed E-state index contributed by atoms with van der Waals surface area (Å²) in [7, 11) is -6.67. The first-order valence-corrected chi connectivity index (χ1v) is 7.28. The number of halogens is 9. The Morgan fingerprint density at radius 1 is 1.00 bits per heavy atom. The monoisotopic (exact) mass is 413 g/mol. The number of esters is 1. The minimum atomic E-state index is -7.27. The lowest BCUT2D eigenvalue weighted by Gasteiger charge is -2.32. The summed E-state index contributed by atoms with van der Waals surface area (Å²) in [5.41, 5.74) is 0.451. The van der Waals surface area contributed by atoms with Crippen molar-refractivity contribution in [3.63, 3.8) is 0 Å². The standard InChI is InChI=1S/C6H10O2.C4H2F9NO2S/c1-4-8-6(7)5(2)3;5-1(6,3(9,10)11)2(7,8)4(12,13)17(14,15)16/h2,4H2,1,3H3;(H2,14,15,16). The van der Waals surface area contributed by atoms with Crippen molar-refractivity contribution in [3.05, 3.63) is 12.2 Å². The van der Waals surface area contributed by atoms with Gasteiger partial charge in [0.05, 0.1) is 6.61 Å². The molecule has 0 rings (SSSR count). The quantitative estimate of drug-likeness (QED) is 0.427. The van der Waals surface area contributed by atoms with E-state index < -0.39 is 33.3 Å². The van der Waals surface area contributed by atoms with E-state index in [2.05, 4.69) is 16.5 Å². The first-order chi connectivity index (χ1) is 10.7. The number of sulfonamides is 1. The van der Waals surface area contributed by atoms with Crippen molar-refractivity contribution < 1.29 is 57.5 Å². The third kappa shape index (κ3) is 5.49. The molecule has 0 atom stereocenters. The number of ether oxygens (including phenoxy) is 1. The number of alkyl halides is 9. The molecule has 25 heavy (non-hydrogen) atoms. The van der Waals surface area contributed by atoms with Crippen LogP contribution in [0, 0.1) is 0 Å². The normalized spacial score (nSPS) is 13.6. The molecule has 5 nitrogen and oxygen atoms in total. The van der Waals surface area contributed by atoms with Gasteiger partial charge in [-0.3, -0.25) is 0 Å². The highest BCUT2D eigenvalue weighted by molar-refractivity contribution is 7.90. The fourth-order valence-electron chi connectivity index (χ4n) is 0.794. The molecular weight excluding hydrogens is 401 g/mol. The van der Waals surface area contributed by atoms with Crippen LogP contribution >= 0.6 is 0 Å². The number of rotatable bonds is 5. The van der Waals surface area contributed by atoms with Crippen molar-refractivity contribution in [1.29, 1.82) is 0 Å². The van der Waals surface area contributed by atoms with Gasteiger partial charge in [0.15, 0.2) is 0 Å². The molecule has 0 saturated heterocycles. The Bertz CT molecular complexity index is 598. The van der Waals surface area contributed by atoms with E-state index in [-0.39, 0.29) is 5.97 Å². The van der Waals surface area contributed by atoms with Gasteiger partial charge in [-0.15, -0.1) is 0 Å². The Balaban J connectivity index is 0. The molecule has 0 spiro atoms. The summed E-state index contributed by atoms with van der Waals surface area (Å²) < 4.78 is 132. The van der Waals surface area contributed by atoms with Crippen LogP contribution in [-0.4, -0.2) is 44.3 Å². The third-order valence-electron chi connectivity index (χ3n) is 2.10. The van der Waals surface area contributed by atoms with Gasteiger partial charge in [-0.1, -0.05) is 6.58 Å². The van der Waals surface area contributed by atoms with Crippen LogP contribution in [-0.2, 0) is 19.6 Å². The maximum Gasteiger partial charge on any atom is 0.460 e. The van der Waals surface area contributed by atoms with E-state index in [0.717, 1.165) is 0 Å². The van der Waals surface area contributed by atoms with Crippen LogP contribution in [0.5, 0.6) is 0 Å². The second-order valence-corrected chi connectivity index (χ2v) is 5.81. The van der Waals surface area contributed by atoms with E-state index in [1.54, 1.807) is 13.8 Å². The average molecular weight is 413 g/mol. The Morgan fingerprint density at radius 2 is 1.36 bits per heavy atom. The molecule has 0 amide bonds. The maximum absolute atomic E-state index is 12.3. The van der Waals surface area contributed by atoms with Crippen molar-refractivity contribution in [3.8, 4) is 0 Å². The number of nitrogens with two attached hydrogens (primary N) is 1. The smallest absolute Gasteiger partial charge is 0.460 e. The van der Waals surface area contributed by atoms with Crippen LogP contribution < -0.4 is 5.14 Å². The van der Waals surface area contributed by atoms with E-state index in [4.69, 9.17) is 0 Å². The zero-order chi connectivity index (χ0) is 21.1. The average Bonchev–Trinajstić information content (AvgIpc) is 2.36. The SMILES string of the molecule is C=C(C)C(=O)OCC.NS(=O)(=O)C(F)(F)C(F)(F)C(F)(F)C(F)(F)F. The molecule has 0 aliphatic heterocycles. The van der Waals surface area contributed by atoms with E-state index in [1.807, 2.05) is 0 Å². The molecule has 0 heterocycles. The Morgan fingerprint density at radius 3 is 1.52 bits per heavy atom. The fourth-order valence-corrected chi connectivity index (χ4v) is 1.28. The van der Waals surface area contributed by atoms with Crippen molar-refractivity contribution in [2.45, 2.75) is 37.1 Å². The van der Waals surface area contributed by atoms with Crippen molar-refractivity contribution >= 4 is 16.0 Å². The molecule has 0 saturated carbocycles. The molecule has 0 fully saturated rings. The highest BCUT2D eigenvalue weighted by atomic mass is 32.2. The van der Waals surface area contributed by atoms with Gasteiger partial charge in [0.25, 0.3) is 10.0 Å². The van der Waals surface area contributed by atoms with Gasteiger partial charge in [-0.25, -0.2) is 18.4 Å². The van der Waals surface area contributed by atoms with Gasteiger partial charge in [0, 0.05) is 5.57 Å². The third-order valence-corrected chi connectivity index (χ3v) is 3.07. The zero-order valence-electron chi connectivity index (χ0n) is 12.4. The van der Waals surface area contributed by atoms with Crippen LogP contribution in [0.25, 0.3) is 0 Å². The van der Waals surface area contributed by atoms with Crippen LogP contribution in [0.4, 0.5) is 39.5 Å². The first kappa shape index (κ1) is 25.7. The summed E-state index contributed by atoms with van der Waals surface area (Å²) in [5.74, 6) is -14.8. The van der Waals surface area contributed by atoms with Crippen LogP contribution in [0.1, 0.15) is 13.8 Å². The van der Waals surface area contributed by atoms with E-state index in [1.165, 1.54) is 0 Å². The van der Waals surface area contributed by atoms with E-state index in [9.17, 15) is 52.7 Å². The molecule has 0 aromatic carbocycles. The maximum atomic E-state index is 12.3. The van der Waals surface area contributed by atoms with Gasteiger partial charge < -0.3 is 4.74 Å². The molecule has 150 valence electrons. The molecule has 0 unspecified atom stereocenters. The summed E-state index contributed by atoms with van der Waals surface area (Å²) >= 11 is 0. The van der Waals surface area contributed by atoms with Crippen molar-refractivity contribution in [2.24, 2.45) is 5.14 Å². The highest BCUT2D eigenvalue weighted by Gasteiger charge is 2.85. The van der Waals surface area contributed by atoms with Gasteiger partial charge in [-0.05, 0) is 13.8 Å². The van der Waals surface area contributed by atoms with Crippen molar-refractivity contribution in [2.75, 3.05) is 6.61 Å². The zero-order valence-corrected chi connectivity index (χ0v) is 13.3. The van der Waals surface area contributed by atoms with Gasteiger partial charge >= 0.3 is 29.2 Å². The summed E-state index contributed by atoms with van der Waals surface area (Å²) in [4.78, 5) is 10.4. The fraction of sp³-hybridized carbons (Fsp3) is 0.700. The molecule has 0 radical (unpaired) electrons. The summed E-state index contributed by atoms with van der Waals surface area (Å²) in [5, 5.41) is -3.30. The Kier molecular flexibility index (Phi) is 8.03. The lowest BCUT2D eigenvalue weighted by molar-refractivity contribution is -0.382. The number of hydrogen-bond acceptors (Lipinski definition) is 4. The van der Waals surface area contributed by atoms with Gasteiger partial charge in [0.2, 0.25) is 0 Å². The van der Waals surface area contributed by atoms with Gasteiger partial charge in [0.1, 0.15) is 0 Å². The summed E-state index contributed by atoms with van der Waals surface area (Å²) in [6.07, 6.45) is -7.08. The molecule has 15 heteroatoms. The minimum absolute atomic E-state index is 0.312. The predicted octanol–water partition coefficient (Wildman–Crippen LogP) is 2.83. The number of carbonyl (C=O) groups excluding carboxylic acids is 1. The number of hydrogen-bond donors (Lipinski definition) is 1. The van der Waals surface area contributed by atoms with Gasteiger partial charge in [-0.2, -0.15) is 39.5 Å². The summed E-state index contributed by atoms with van der Waals surface area (Å²) in [6, 6.07) is 0. The second kappa shape index (κ2) is 7.80. The van der Waals surface area contributed by atoms with Crippen molar-refractivity contribution in [1.82, 2.24) is 0 Å². The molecule has 0 aromatic rings. The van der Waals surface area contributed by atoms with Crippen LogP contribution in [0.3, 0.4) is 0 Å². The molecular formula is C10H12F9NO4S. The van der Waals surface area contributed by atoms with Crippen LogP contribution in [0.2, 0.25) is 0 Å². The van der Waals surface area contributed by atoms with Crippen LogP contribution in [0.15, 0.2) is 12.2 Å². The second-order valence-electron chi connectivity index (χ2n) is 4.21. The number of primary sulfonamides is 1. The Labute approximate surface area is 135 Å². The molecule has 2 N–H and O–H groups in total. The molecule has 0 bridgehead atoms. The largest absolute Gasteiger partial charge is 0.463 e.